The Balaban J connectivity index is 1.67. The summed E-state index contributed by atoms with van der Waals surface area (Å²) in [6.07, 6.45) is 0. The van der Waals surface area contributed by atoms with Gasteiger partial charge in [-0.25, -0.2) is 0 Å². The van der Waals surface area contributed by atoms with Crippen LogP contribution in [0.15, 0.2) is 75.0 Å². The van der Waals surface area contributed by atoms with Crippen LogP contribution in [-0.2, 0) is 4.79 Å². The molecule has 1 N–H and O–H groups in total. The van der Waals surface area contributed by atoms with Gasteiger partial charge in [0, 0.05) is 16.2 Å². The molecule has 138 valence electrons. The third-order valence-corrected chi connectivity index (χ3v) is 5.02. The van der Waals surface area contributed by atoms with Crippen LogP contribution in [0.5, 0.6) is 5.75 Å². The first-order chi connectivity index (χ1) is 13.0. The third kappa shape index (κ3) is 5.21. The summed E-state index contributed by atoms with van der Waals surface area (Å²) in [5.41, 5.74) is 1.10. The molecule has 8 heteroatoms. The van der Waals surface area contributed by atoms with Gasteiger partial charge in [0.25, 0.3) is 5.56 Å². The molecule has 0 aliphatic heterocycles. The molecule has 0 bridgehead atoms. The standard InChI is InChI=1S/C19H16BrN3O3S/c1-26-16-8-6-15(7-9-16)23-19(25)11-10-18(22-23)27-12-17(24)21-14-4-2-13(20)3-5-14/h2-11H,12H2,1H3,(H,21,24). The lowest BCUT2D eigenvalue weighted by Gasteiger charge is -2.08. The SMILES string of the molecule is COc1ccc(-n2nc(SCC(=O)Nc3ccc(Br)cc3)ccc2=O)cc1. The van der Waals surface area contributed by atoms with E-state index in [2.05, 4.69) is 26.3 Å². The van der Waals surface area contributed by atoms with Gasteiger partial charge in [-0.05, 0) is 54.6 Å². The molecule has 1 heterocycles. The number of anilines is 1. The molecular formula is C19H16BrN3O3S. The highest BCUT2D eigenvalue weighted by Crippen LogP contribution is 2.18. The first-order valence-corrected chi connectivity index (χ1v) is 9.76. The second-order valence-electron chi connectivity index (χ2n) is 5.46. The number of hydrogen-bond donors (Lipinski definition) is 1. The van der Waals surface area contributed by atoms with Crippen molar-refractivity contribution in [2.45, 2.75) is 5.03 Å². The zero-order chi connectivity index (χ0) is 19.2. The average Bonchev–Trinajstić information content (AvgIpc) is 2.69. The van der Waals surface area contributed by atoms with Crippen LogP contribution in [-0.4, -0.2) is 28.6 Å². The minimum Gasteiger partial charge on any atom is -0.497 e. The van der Waals surface area contributed by atoms with Crippen molar-refractivity contribution < 1.29 is 9.53 Å². The first kappa shape index (κ1) is 19.2. The van der Waals surface area contributed by atoms with Crippen LogP contribution in [0, 0.1) is 0 Å². The molecule has 3 aromatic rings. The van der Waals surface area contributed by atoms with Gasteiger partial charge in [-0.15, -0.1) is 0 Å². The topological polar surface area (TPSA) is 73.2 Å². The van der Waals surface area contributed by atoms with Gasteiger partial charge >= 0.3 is 0 Å². The fourth-order valence-electron chi connectivity index (χ4n) is 2.25. The molecule has 1 aromatic heterocycles. The molecule has 2 aromatic carbocycles. The van der Waals surface area contributed by atoms with Crippen molar-refractivity contribution in [3.05, 3.63) is 75.5 Å². The van der Waals surface area contributed by atoms with Crippen molar-refractivity contribution in [2.75, 3.05) is 18.2 Å². The predicted octanol–water partition coefficient (Wildman–Crippen LogP) is 3.73. The predicted molar refractivity (Wildman–Crippen MR) is 110 cm³/mol. The summed E-state index contributed by atoms with van der Waals surface area (Å²) in [6, 6.07) is 17.4. The number of hydrogen-bond acceptors (Lipinski definition) is 5. The summed E-state index contributed by atoms with van der Waals surface area (Å²) in [4.78, 5) is 24.2. The molecule has 0 fully saturated rings. The smallest absolute Gasteiger partial charge is 0.271 e. The van der Waals surface area contributed by atoms with Gasteiger partial charge in [0.05, 0.1) is 18.6 Å². The summed E-state index contributed by atoms with van der Waals surface area (Å²) in [6.45, 7) is 0. The minimum absolute atomic E-state index is 0.147. The van der Waals surface area contributed by atoms with Crippen molar-refractivity contribution in [3.63, 3.8) is 0 Å². The van der Waals surface area contributed by atoms with Crippen molar-refractivity contribution in [1.82, 2.24) is 9.78 Å². The number of aromatic nitrogens is 2. The fourth-order valence-corrected chi connectivity index (χ4v) is 3.17. The molecule has 0 unspecified atom stereocenters. The van der Waals surface area contributed by atoms with Crippen LogP contribution in [0.1, 0.15) is 0 Å². The van der Waals surface area contributed by atoms with E-state index in [1.165, 1.54) is 22.5 Å². The highest BCUT2D eigenvalue weighted by molar-refractivity contribution is 9.10. The lowest BCUT2D eigenvalue weighted by Crippen LogP contribution is -2.20. The van der Waals surface area contributed by atoms with E-state index in [4.69, 9.17) is 4.74 Å². The number of nitrogens with zero attached hydrogens (tertiary/aromatic N) is 2. The van der Waals surface area contributed by atoms with Crippen LogP contribution in [0.3, 0.4) is 0 Å². The molecule has 0 atom stereocenters. The average molecular weight is 446 g/mol. The molecule has 0 aliphatic carbocycles. The van der Waals surface area contributed by atoms with Crippen molar-refractivity contribution in [3.8, 4) is 11.4 Å². The van der Waals surface area contributed by atoms with E-state index < -0.39 is 0 Å². The molecular weight excluding hydrogens is 430 g/mol. The van der Waals surface area contributed by atoms with E-state index in [0.29, 0.717) is 16.5 Å². The molecule has 0 saturated carbocycles. The quantitative estimate of drug-likeness (QED) is 0.585. The highest BCUT2D eigenvalue weighted by atomic mass is 79.9. The molecule has 3 rings (SSSR count). The number of carbonyl (C=O) groups excluding carboxylic acids is 1. The summed E-state index contributed by atoms with van der Waals surface area (Å²) >= 11 is 4.61. The number of thioether (sulfide) groups is 1. The number of benzene rings is 2. The van der Waals surface area contributed by atoms with Crippen LogP contribution in [0.2, 0.25) is 0 Å². The Morgan fingerprint density at radius 1 is 1.11 bits per heavy atom. The van der Waals surface area contributed by atoms with E-state index in [-0.39, 0.29) is 17.2 Å². The van der Waals surface area contributed by atoms with Crippen molar-refractivity contribution >= 4 is 39.3 Å². The molecule has 0 radical (unpaired) electrons. The van der Waals surface area contributed by atoms with Crippen LogP contribution in [0.25, 0.3) is 5.69 Å². The number of carbonyl (C=O) groups is 1. The first-order valence-electron chi connectivity index (χ1n) is 7.98. The minimum atomic E-state index is -0.246. The Bertz CT molecular complexity index is 988. The Morgan fingerprint density at radius 2 is 1.81 bits per heavy atom. The maximum atomic E-state index is 12.1. The maximum absolute atomic E-state index is 12.1. The normalized spacial score (nSPS) is 10.4. The summed E-state index contributed by atoms with van der Waals surface area (Å²) in [7, 11) is 1.58. The number of halogens is 1. The van der Waals surface area contributed by atoms with Gasteiger partial charge < -0.3 is 10.1 Å². The van der Waals surface area contributed by atoms with Gasteiger partial charge in [0.15, 0.2) is 0 Å². The van der Waals surface area contributed by atoms with Gasteiger partial charge in [-0.2, -0.15) is 9.78 Å². The van der Waals surface area contributed by atoms with Crippen LogP contribution >= 0.6 is 27.7 Å². The van der Waals surface area contributed by atoms with Gasteiger partial charge in [0.2, 0.25) is 5.91 Å². The summed E-state index contributed by atoms with van der Waals surface area (Å²) in [5.74, 6) is 0.734. The summed E-state index contributed by atoms with van der Waals surface area (Å²) in [5, 5.41) is 7.73. The molecule has 27 heavy (non-hydrogen) atoms. The Kier molecular flexibility index (Phi) is 6.31. The van der Waals surface area contributed by atoms with Crippen LogP contribution < -0.4 is 15.6 Å². The zero-order valence-electron chi connectivity index (χ0n) is 14.4. The zero-order valence-corrected chi connectivity index (χ0v) is 16.8. The third-order valence-electron chi connectivity index (χ3n) is 3.57. The Morgan fingerprint density at radius 3 is 2.48 bits per heavy atom. The number of nitrogens with one attached hydrogen (secondary N) is 1. The van der Waals surface area contributed by atoms with E-state index in [0.717, 1.165) is 10.2 Å². The second-order valence-corrected chi connectivity index (χ2v) is 7.37. The fraction of sp³-hybridized carbons (Fsp3) is 0.105. The monoisotopic (exact) mass is 445 g/mol. The molecule has 0 aliphatic rings. The second kappa shape index (κ2) is 8.88. The Labute approximate surface area is 168 Å². The van der Waals surface area contributed by atoms with Gasteiger partial charge in [-0.3, -0.25) is 9.59 Å². The maximum Gasteiger partial charge on any atom is 0.271 e. The van der Waals surface area contributed by atoms with Crippen LogP contribution in [0.4, 0.5) is 5.69 Å². The van der Waals surface area contributed by atoms with E-state index >= 15 is 0 Å². The molecule has 0 spiro atoms. The number of amides is 1. The van der Waals surface area contributed by atoms with Crippen molar-refractivity contribution in [1.29, 1.82) is 0 Å². The van der Waals surface area contributed by atoms with E-state index in [9.17, 15) is 9.59 Å². The summed E-state index contributed by atoms with van der Waals surface area (Å²) < 4.78 is 7.36. The van der Waals surface area contributed by atoms with Gasteiger partial charge in [-0.1, -0.05) is 27.7 Å². The number of ether oxygens (including phenoxy) is 1. The highest BCUT2D eigenvalue weighted by Gasteiger charge is 2.08. The van der Waals surface area contributed by atoms with E-state index in [1.807, 2.05) is 24.3 Å². The molecule has 1 amide bonds. The van der Waals surface area contributed by atoms with Crippen molar-refractivity contribution in [2.24, 2.45) is 0 Å². The largest absolute Gasteiger partial charge is 0.497 e. The number of methoxy groups -OCH3 is 1. The van der Waals surface area contributed by atoms with Gasteiger partial charge in [0.1, 0.15) is 10.8 Å². The lowest BCUT2D eigenvalue weighted by atomic mass is 10.3. The lowest BCUT2D eigenvalue weighted by molar-refractivity contribution is -0.113. The van der Waals surface area contributed by atoms with E-state index in [1.54, 1.807) is 37.4 Å². The number of rotatable bonds is 6. The Hall–Kier alpha value is -2.58. The molecule has 6 nitrogen and oxygen atoms in total. The molecule has 0 saturated heterocycles.